The van der Waals surface area contributed by atoms with Crippen molar-refractivity contribution < 1.29 is 8.78 Å². The SMILES string of the molecule is CNC(Cc1ccccc1)c1cc(F)c(Br)cc1F. The van der Waals surface area contributed by atoms with Crippen molar-refractivity contribution >= 4 is 15.9 Å². The maximum absolute atomic E-state index is 13.9. The molecule has 19 heavy (non-hydrogen) atoms. The summed E-state index contributed by atoms with van der Waals surface area (Å²) >= 11 is 2.98. The molecule has 0 aliphatic rings. The Balaban J connectivity index is 2.30. The van der Waals surface area contributed by atoms with Gasteiger partial charge in [-0.2, -0.15) is 0 Å². The van der Waals surface area contributed by atoms with E-state index in [0.29, 0.717) is 12.0 Å². The van der Waals surface area contributed by atoms with Gasteiger partial charge in [-0.3, -0.25) is 0 Å². The Morgan fingerprint density at radius 2 is 1.79 bits per heavy atom. The lowest BCUT2D eigenvalue weighted by atomic mass is 9.98. The summed E-state index contributed by atoms with van der Waals surface area (Å²) in [4.78, 5) is 0. The highest BCUT2D eigenvalue weighted by Crippen LogP contribution is 2.26. The van der Waals surface area contributed by atoms with E-state index in [1.54, 1.807) is 7.05 Å². The fourth-order valence-electron chi connectivity index (χ4n) is 2.02. The predicted molar refractivity (Wildman–Crippen MR) is 76.0 cm³/mol. The van der Waals surface area contributed by atoms with E-state index < -0.39 is 11.6 Å². The summed E-state index contributed by atoms with van der Waals surface area (Å²) in [5.41, 5.74) is 1.41. The minimum Gasteiger partial charge on any atom is -0.313 e. The number of hydrogen-bond donors (Lipinski definition) is 1. The number of benzene rings is 2. The lowest BCUT2D eigenvalue weighted by molar-refractivity contribution is 0.521. The molecule has 0 saturated carbocycles. The van der Waals surface area contributed by atoms with Crippen LogP contribution in [0.3, 0.4) is 0 Å². The lowest BCUT2D eigenvalue weighted by Crippen LogP contribution is -2.20. The van der Waals surface area contributed by atoms with Gasteiger partial charge in [0.25, 0.3) is 0 Å². The molecule has 0 fully saturated rings. The third-order valence-corrected chi connectivity index (χ3v) is 3.65. The molecule has 1 unspecified atom stereocenters. The molecule has 100 valence electrons. The molecule has 2 aromatic rings. The van der Waals surface area contributed by atoms with Gasteiger partial charge in [0, 0.05) is 11.6 Å². The van der Waals surface area contributed by atoms with Crippen molar-refractivity contribution in [2.75, 3.05) is 7.05 Å². The third-order valence-electron chi connectivity index (χ3n) is 3.05. The van der Waals surface area contributed by atoms with E-state index in [4.69, 9.17) is 0 Å². The van der Waals surface area contributed by atoms with Crippen LogP contribution in [0.25, 0.3) is 0 Å². The summed E-state index contributed by atoms with van der Waals surface area (Å²) in [6, 6.07) is 11.9. The molecule has 4 heteroatoms. The molecule has 0 amide bonds. The molecule has 0 bridgehead atoms. The highest BCUT2D eigenvalue weighted by molar-refractivity contribution is 9.10. The van der Waals surface area contributed by atoms with Crippen LogP contribution in [0.1, 0.15) is 17.2 Å². The molecule has 0 heterocycles. The van der Waals surface area contributed by atoms with Crippen LogP contribution in [0.2, 0.25) is 0 Å². The van der Waals surface area contributed by atoms with Gasteiger partial charge in [0.2, 0.25) is 0 Å². The number of nitrogens with one attached hydrogen (secondary N) is 1. The highest BCUT2D eigenvalue weighted by Gasteiger charge is 2.17. The second-order valence-electron chi connectivity index (χ2n) is 4.32. The molecule has 1 atom stereocenters. The van der Waals surface area contributed by atoms with Crippen molar-refractivity contribution in [3.8, 4) is 0 Å². The topological polar surface area (TPSA) is 12.0 Å². The number of likely N-dealkylation sites (N-methyl/N-ethyl adjacent to an activating group) is 1. The fourth-order valence-corrected chi connectivity index (χ4v) is 2.34. The molecular weight excluding hydrogens is 312 g/mol. The first-order valence-corrected chi connectivity index (χ1v) is 6.76. The average Bonchev–Trinajstić information content (AvgIpc) is 2.42. The molecule has 0 saturated heterocycles. The first-order chi connectivity index (χ1) is 9.11. The summed E-state index contributed by atoms with van der Waals surface area (Å²) < 4.78 is 27.6. The van der Waals surface area contributed by atoms with Gasteiger partial charge in [-0.15, -0.1) is 0 Å². The van der Waals surface area contributed by atoms with Crippen molar-refractivity contribution in [2.24, 2.45) is 0 Å². The molecule has 0 aliphatic heterocycles. The quantitative estimate of drug-likeness (QED) is 0.829. The molecule has 0 aromatic heterocycles. The van der Waals surface area contributed by atoms with Gasteiger partial charge in [0.05, 0.1) is 4.47 Å². The second-order valence-corrected chi connectivity index (χ2v) is 5.17. The molecule has 0 aliphatic carbocycles. The zero-order chi connectivity index (χ0) is 13.8. The smallest absolute Gasteiger partial charge is 0.137 e. The van der Waals surface area contributed by atoms with Crippen LogP contribution in [-0.4, -0.2) is 7.05 Å². The monoisotopic (exact) mass is 325 g/mol. The van der Waals surface area contributed by atoms with E-state index in [1.165, 1.54) is 12.1 Å². The predicted octanol–water partition coefficient (Wildman–Crippen LogP) is 4.23. The molecule has 1 nitrogen and oxygen atoms in total. The van der Waals surface area contributed by atoms with Crippen LogP contribution in [0.5, 0.6) is 0 Å². The van der Waals surface area contributed by atoms with Crippen molar-refractivity contribution in [3.05, 3.63) is 69.7 Å². The van der Waals surface area contributed by atoms with Crippen LogP contribution >= 0.6 is 15.9 Å². The Kier molecular flexibility index (Phi) is 4.66. The van der Waals surface area contributed by atoms with Crippen LogP contribution in [0.4, 0.5) is 8.78 Å². The first kappa shape index (κ1) is 14.2. The average molecular weight is 326 g/mol. The van der Waals surface area contributed by atoms with Crippen molar-refractivity contribution in [2.45, 2.75) is 12.5 Å². The highest BCUT2D eigenvalue weighted by atomic mass is 79.9. The molecule has 1 N–H and O–H groups in total. The third kappa shape index (κ3) is 3.39. The summed E-state index contributed by atoms with van der Waals surface area (Å²) in [7, 11) is 1.74. The first-order valence-electron chi connectivity index (χ1n) is 5.97. The van der Waals surface area contributed by atoms with E-state index >= 15 is 0 Å². The molecule has 0 radical (unpaired) electrons. The standard InChI is InChI=1S/C15H14BrF2N/c1-19-15(7-10-5-3-2-4-6-10)11-8-14(18)12(16)9-13(11)17/h2-6,8-9,15,19H,7H2,1H3. The van der Waals surface area contributed by atoms with Gasteiger partial charge in [0.15, 0.2) is 0 Å². The lowest BCUT2D eigenvalue weighted by Gasteiger charge is -2.18. The molecule has 2 aromatic carbocycles. The van der Waals surface area contributed by atoms with Crippen LogP contribution in [-0.2, 0) is 6.42 Å². The summed E-state index contributed by atoms with van der Waals surface area (Å²) in [5.74, 6) is -0.867. The maximum atomic E-state index is 13.9. The summed E-state index contributed by atoms with van der Waals surface area (Å²) in [5, 5.41) is 3.03. The Labute approximate surface area is 119 Å². The number of rotatable bonds is 4. The maximum Gasteiger partial charge on any atom is 0.137 e. The van der Waals surface area contributed by atoms with Gasteiger partial charge in [-0.25, -0.2) is 8.78 Å². The zero-order valence-corrected chi connectivity index (χ0v) is 12.0. The van der Waals surface area contributed by atoms with Crippen LogP contribution in [0, 0.1) is 11.6 Å². The van der Waals surface area contributed by atoms with Gasteiger partial charge in [-0.05, 0) is 47.1 Å². The zero-order valence-electron chi connectivity index (χ0n) is 10.5. The number of halogens is 3. The van der Waals surface area contributed by atoms with E-state index in [2.05, 4.69) is 21.2 Å². The van der Waals surface area contributed by atoms with Crippen LogP contribution in [0.15, 0.2) is 46.9 Å². The largest absolute Gasteiger partial charge is 0.313 e. The van der Waals surface area contributed by atoms with Crippen molar-refractivity contribution in [3.63, 3.8) is 0 Å². The molecule has 2 rings (SSSR count). The van der Waals surface area contributed by atoms with Gasteiger partial charge in [0.1, 0.15) is 11.6 Å². The molecular formula is C15H14BrF2N. The molecule has 0 spiro atoms. The van der Waals surface area contributed by atoms with E-state index in [1.807, 2.05) is 30.3 Å². The van der Waals surface area contributed by atoms with Crippen molar-refractivity contribution in [1.29, 1.82) is 0 Å². The van der Waals surface area contributed by atoms with E-state index in [0.717, 1.165) is 5.56 Å². The Morgan fingerprint density at radius 1 is 1.11 bits per heavy atom. The minimum atomic E-state index is -0.454. The van der Waals surface area contributed by atoms with E-state index in [-0.39, 0.29) is 10.5 Å². The minimum absolute atomic E-state index is 0.142. The van der Waals surface area contributed by atoms with Gasteiger partial charge >= 0.3 is 0 Å². The summed E-state index contributed by atoms with van der Waals surface area (Å²) in [6.07, 6.45) is 0.606. The second kappa shape index (κ2) is 6.26. The van der Waals surface area contributed by atoms with Gasteiger partial charge in [-0.1, -0.05) is 30.3 Å². The Hall–Kier alpha value is -1.26. The Morgan fingerprint density at radius 3 is 2.42 bits per heavy atom. The Bertz CT molecular complexity index is 558. The van der Waals surface area contributed by atoms with E-state index in [9.17, 15) is 8.78 Å². The summed E-state index contributed by atoms with van der Waals surface area (Å²) in [6.45, 7) is 0. The van der Waals surface area contributed by atoms with Gasteiger partial charge < -0.3 is 5.32 Å². The van der Waals surface area contributed by atoms with Crippen LogP contribution < -0.4 is 5.32 Å². The van der Waals surface area contributed by atoms with Crippen molar-refractivity contribution in [1.82, 2.24) is 5.32 Å². The fraction of sp³-hybridized carbons (Fsp3) is 0.200. The number of hydrogen-bond acceptors (Lipinski definition) is 1. The normalized spacial score (nSPS) is 12.4.